The normalized spacial score (nSPS) is 9.95. The van der Waals surface area contributed by atoms with Gasteiger partial charge in [-0.2, -0.15) is 5.26 Å². The van der Waals surface area contributed by atoms with Crippen LogP contribution in [0.5, 0.6) is 11.5 Å². The SMILES string of the molecule is Cc1cc(CCl)ccc1Oc1ccc(CC#N)cc1. The van der Waals surface area contributed by atoms with Gasteiger partial charge in [0, 0.05) is 5.88 Å². The molecule has 0 spiro atoms. The first-order valence-electron chi connectivity index (χ1n) is 6.02. The molecule has 3 heteroatoms. The lowest BCUT2D eigenvalue weighted by Gasteiger charge is -2.10. The first-order valence-corrected chi connectivity index (χ1v) is 6.55. The monoisotopic (exact) mass is 271 g/mol. The van der Waals surface area contributed by atoms with Crippen molar-refractivity contribution in [2.24, 2.45) is 0 Å². The summed E-state index contributed by atoms with van der Waals surface area (Å²) in [7, 11) is 0. The number of ether oxygens (including phenoxy) is 1. The van der Waals surface area contributed by atoms with E-state index >= 15 is 0 Å². The first kappa shape index (κ1) is 13.5. The Morgan fingerprint density at radius 1 is 1.11 bits per heavy atom. The number of benzene rings is 2. The van der Waals surface area contributed by atoms with E-state index in [1.807, 2.05) is 49.4 Å². The van der Waals surface area contributed by atoms with E-state index in [1.165, 1.54) is 0 Å². The Kier molecular flexibility index (Phi) is 4.43. The summed E-state index contributed by atoms with van der Waals surface area (Å²) in [6, 6.07) is 15.6. The second kappa shape index (κ2) is 6.26. The molecule has 0 aliphatic heterocycles. The maximum Gasteiger partial charge on any atom is 0.130 e. The van der Waals surface area contributed by atoms with Crippen LogP contribution in [0.2, 0.25) is 0 Å². The van der Waals surface area contributed by atoms with Crippen LogP contribution in [0.4, 0.5) is 0 Å². The Hall–Kier alpha value is -1.98. The van der Waals surface area contributed by atoms with E-state index in [0.29, 0.717) is 12.3 Å². The van der Waals surface area contributed by atoms with E-state index in [0.717, 1.165) is 28.2 Å². The summed E-state index contributed by atoms with van der Waals surface area (Å²) in [6.07, 6.45) is 0.420. The number of rotatable bonds is 4. The molecule has 0 fully saturated rings. The van der Waals surface area contributed by atoms with Gasteiger partial charge in [-0.25, -0.2) is 0 Å². The molecule has 0 N–H and O–H groups in total. The summed E-state index contributed by atoms with van der Waals surface area (Å²) >= 11 is 5.79. The minimum absolute atomic E-state index is 0.420. The highest BCUT2D eigenvalue weighted by Crippen LogP contribution is 2.26. The van der Waals surface area contributed by atoms with E-state index in [9.17, 15) is 0 Å². The Morgan fingerprint density at radius 2 is 1.79 bits per heavy atom. The topological polar surface area (TPSA) is 33.0 Å². The molecule has 0 aliphatic rings. The minimum atomic E-state index is 0.420. The van der Waals surface area contributed by atoms with Crippen molar-refractivity contribution in [1.82, 2.24) is 0 Å². The number of halogens is 1. The molecule has 0 unspecified atom stereocenters. The predicted octanol–water partition coefficient (Wildman–Crippen LogP) is 4.59. The molecule has 0 radical (unpaired) electrons. The van der Waals surface area contributed by atoms with Crippen LogP contribution in [0.3, 0.4) is 0 Å². The minimum Gasteiger partial charge on any atom is -0.457 e. The Labute approximate surface area is 118 Å². The van der Waals surface area contributed by atoms with Gasteiger partial charge in [-0.1, -0.05) is 24.3 Å². The highest BCUT2D eigenvalue weighted by Gasteiger charge is 2.03. The third kappa shape index (κ3) is 3.49. The molecule has 0 saturated carbocycles. The summed E-state index contributed by atoms with van der Waals surface area (Å²) in [5.74, 6) is 2.09. The second-order valence-electron chi connectivity index (χ2n) is 4.31. The van der Waals surface area contributed by atoms with Crippen molar-refractivity contribution in [2.45, 2.75) is 19.2 Å². The fraction of sp³-hybridized carbons (Fsp3) is 0.188. The molecular weight excluding hydrogens is 258 g/mol. The van der Waals surface area contributed by atoms with Gasteiger partial charge in [0.25, 0.3) is 0 Å². The zero-order chi connectivity index (χ0) is 13.7. The second-order valence-corrected chi connectivity index (χ2v) is 4.58. The fourth-order valence-corrected chi connectivity index (χ4v) is 1.97. The van der Waals surface area contributed by atoms with Gasteiger partial charge in [0.2, 0.25) is 0 Å². The van der Waals surface area contributed by atoms with Crippen LogP contribution in [0.15, 0.2) is 42.5 Å². The maximum absolute atomic E-state index is 8.62. The van der Waals surface area contributed by atoms with Gasteiger partial charge in [0.15, 0.2) is 0 Å². The van der Waals surface area contributed by atoms with Crippen molar-refractivity contribution < 1.29 is 4.74 Å². The average Bonchev–Trinajstić information content (AvgIpc) is 2.43. The molecule has 2 rings (SSSR count). The van der Waals surface area contributed by atoms with Crippen molar-refractivity contribution in [2.75, 3.05) is 0 Å². The quantitative estimate of drug-likeness (QED) is 0.762. The Bertz CT molecular complexity index is 599. The third-order valence-electron chi connectivity index (χ3n) is 2.83. The largest absolute Gasteiger partial charge is 0.457 e. The summed E-state index contributed by atoms with van der Waals surface area (Å²) in [4.78, 5) is 0. The van der Waals surface area contributed by atoms with Crippen molar-refractivity contribution in [3.05, 3.63) is 59.2 Å². The molecule has 0 aromatic heterocycles. The van der Waals surface area contributed by atoms with Crippen LogP contribution in [-0.2, 0) is 12.3 Å². The van der Waals surface area contributed by atoms with E-state index in [4.69, 9.17) is 21.6 Å². The van der Waals surface area contributed by atoms with Crippen LogP contribution in [0, 0.1) is 18.3 Å². The van der Waals surface area contributed by atoms with Crippen molar-refractivity contribution in [3.63, 3.8) is 0 Å². The van der Waals surface area contributed by atoms with Crippen LogP contribution in [0.25, 0.3) is 0 Å². The van der Waals surface area contributed by atoms with Gasteiger partial charge in [-0.3, -0.25) is 0 Å². The van der Waals surface area contributed by atoms with Crippen LogP contribution in [0.1, 0.15) is 16.7 Å². The average molecular weight is 272 g/mol. The van der Waals surface area contributed by atoms with Crippen LogP contribution >= 0.6 is 11.6 Å². The predicted molar refractivity (Wildman–Crippen MR) is 76.6 cm³/mol. The van der Waals surface area contributed by atoms with Crippen molar-refractivity contribution in [1.29, 1.82) is 5.26 Å². The number of nitrogens with zero attached hydrogens (tertiary/aromatic N) is 1. The molecule has 2 aromatic rings. The summed E-state index contributed by atoms with van der Waals surface area (Å²) in [5.41, 5.74) is 3.12. The Morgan fingerprint density at radius 3 is 2.37 bits per heavy atom. The van der Waals surface area contributed by atoms with Gasteiger partial charge in [0.1, 0.15) is 11.5 Å². The van der Waals surface area contributed by atoms with E-state index in [1.54, 1.807) is 0 Å². The van der Waals surface area contributed by atoms with Crippen LogP contribution < -0.4 is 4.74 Å². The molecule has 0 bridgehead atoms. The van der Waals surface area contributed by atoms with Gasteiger partial charge in [0.05, 0.1) is 12.5 Å². The van der Waals surface area contributed by atoms with Gasteiger partial charge >= 0.3 is 0 Å². The molecule has 0 aliphatic carbocycles. The van der Waals surface area contributed by atoms with E-state index < -0.39 is 0 Å². The zero-order valence-electron chi connectivity index (χ0n) is 10.7. The molecular formula is C16H14ClNO. The highest BCUT2D eigenvalue weighted by molar-refractivity contribution is 6.17. The van der Waals surface area contributed by atoms with Gasteiger partial charge in [-0.15, -0.1) is 11.6 Å². The standard InChI is InChI=1S/C16H14ClNO/c1-12-10-14(11-17)4-7-16(12)19-15-5-2-13(3-6-15)8-9-18/h2-7,10H,8,11H2,1H3. The molecule has 19 heavy (non-hydrogen) atoms. The lowest BCUT2D eigenvalue weighted by Crippen LogP contribution is -1.90. The zero-order valence-corrected chi connectivity index (χ0v) is 11.4. The number of nitriles is 1. The van der Waals surface area contributed by atoms with Crippen molar-refractivity contribution >= 4 is 11.6 Å². The van der Waals surface area contributed by atoms with Crippen molar-refractivity contribution in [3.8, 4) is 17.6 Å². The summed E-state index contributed by atoms with van der Waals surface area (Å²) in [5, 5.41) is 8.62. The molecule has 2 nitrogen and oxygen atoms in total. The number of hydrogen-bond acceptors (Lipinski definition) is 2. The lowest BCUT2D eigenvalue weighted by atomic mass is 10.1. The van der Waals surface area contributed by atoms with Crippen LogP contribution in [-0.4, -0.2) is 0 Å². The molecule has 96 valence electrons. The summed E-state index contributed by atoms with van der Waals surface area (Å²) in [6.45, 7) is 2.00. The van der Waals surface area contributed by atoms with E-state index in [2.05, 4.69) is 6.07 Å². The number of hydrogen-bond donors (Lipinski definition) is 0. The molecule has 0 atom stereocenters. The fourth-order valence-electron chi connectivity index (χ4n) is 1.80. The number of aryl methyl sites for hydroxylation is 1. The lowest BCUT2D eigenvalue weighted by molar-refractivity contribution is 0.478. The maximum atomic E-state index is 8.62. The molecule has 2 aromatic carbocycles. The Balaban J connectivity index is 2.15. The van der Waals surface area contributed by atoms with Gasteiger partial charge < -0.3 is 4.74 Å². The highest BCUT2D eigenvalue weighted by atomic mass is 35.5. The summed E-state index contributed by atoms with van der Waals surface area (Å²) < 4.78 is 5.82. The van der Waals surface area contributed by atoms with E-state index in [-0.39, 0.29) is 0 Å². The molecule has 0 heterocycles. The molecule has 0 saturated heterocycles. The first-order chi connectivity index (χ1) is 9.22. The number of alkyl halides is 1. The smallest absolute Gasteiger partial charge is 0.130 e. The van der Waals surface area contributed by atoms with Gasteiger partial charge in [-0.05, 0) is 41.8 Å². The third-order valence-corrected chi connectivity index (χ3v) is 3.14. The molecule has 0 amide bonds.